The van der Waals surface area contributed by atoms with Crippen molar-refractivity contribution < 1.29 is 24.2 Å². The van der Waals surface area contributed by atoms with Crippen molar-refractivity contribution in [1.82, 2.24) is 30.3 Å². The van der Waals surface area contributed by atoms with E-state index in [1.165, 1.54) is 21.3 Å². The van der Waals surface area contributed by atoms with Crippen molar-refractivity contribution in [3.05, 3.63) is 83.8 Å². The first-order valence-corrected chi connectivity index (χ1v) is 14.0. The third-order valence-corrected chi connectivity index (χ3v) is 7.29. The van der Waals surface area contributed by atoms with Gasteiger partial charge in [0, 0.05) is 55.2 Å². The molecule has 0 bridgehead atoms. The van der Waals surface area contributed by atoms with Gasteiger partial charge < -0.3 is 20.1 Å². The summed E-state index contributed by atoms with van der Waals surface area (Å²) in [6.45, 7) is 0.968. The highest BCUT2D eigenvalue weighted by atomic mass is 32.2. The number of carboxylic acid groups (broad SMARTS) is 1. The zero-order valence-corrected chi connectivity index (χ0v) is 24.1. The first kappa shape index (κ1) is 30.4. The number of aliphatic carboxylic acids is 1. The number of hydrogen-bond acceptors (Lipinski definition) is 8. The molecule has 0 saturated carbocycles. The Labute approximate surface area is 247 Å². The van der Waals surface area contributed by atoms with Gasteiger partial charge in [-0.05, 0) is 54.6 Å². The first-order chi connectivity index (χ1) is 20.4. The SMILES string of the molecule is CNC(=O)c1ccccc1Sc1ccc2c(/C=C/c3ccccn3)nn(C(=O)N(CCNCOC)CCC(=O)O)c2c1. The molecule has 0 unspecified atom stereocenters. The Balaban J connectivity index is 1.75. The number of ether oxygens (including phenoxy) is 1. The predicted molar refractivity (Wildman–Crippen MR) is 161 cm³/mol. The summed E-state index contributed by atoms with van der Waals surface area (Å²) in [6.07, 6.45) is 5.09. The Morgan fingerprint density at radius 1 is 1.07 bits per heavy atom. The number of carboxylic acids is 1. The molecule has 4 aromatic rings. The molecule has 0 saturated heterocycles. The molecule has 0 fully saturated rings. The highest BCUT2D eigenvalue weighted by Crippen LogP contribution is 2.33. The minimum Gasteiger partial charge on any atom is -0.481 e. The van der Waals surface area contributed by atoms with Gasteiger partial charge in [0.1, 0.15) is 0 Å². The van der Waals surface area contributed by atoms with E-state index in [9.17, 15) is 19.5 Å². The quantitative estimate of drug-likeness (QED) is 0.156. The molecule has 3 N–H and O–H groups in total. The van der Waals surface area contributed by atoms with Gasteiger partial charge in [-0.3, -0.25) is 19.9 Å². The fourth-order valence-corrected chi connectivity index (χ4v) is 5.13. The van der Waals surface area contributed by atoms with Crippen LogP contribution in [0.2, 0.25) is 0 Å². The summed E-state index contributed by atoms with van der Waals surface area (Å²) in [5.41, 5.74) is 2.38. The normalized spacial score (nSPS) is 11.2. The van der Waals surface area contributed by atoms with Crippen molar-refractivity contribution in [1.29, 1.82) is 0 Å². The second-order valence-corrected chi connectivity index (χ2v) is 10.2. The average molecular weight is 589 g/mol. The second-order valence-electron chi connectivity index (χ2n) is 9.09. The van der Waals surface area contributed by atoms with E-state index in [1.54, 1.807) is 38.6 Å². The van der Waals surface area contributed by atoms with Crippen LogP contribution in [0.1, 0.15) is 28.2 Å². The Bertz CT molecular complexity index is 1570. The Kier molecular flexibility index (Phi) is 10.8. The van der Waals surface area contributed by atoms with Crippen molar-refractivity contribution in [3.63, 3.8) is 0 Å². The van der Waals surface area contributed by atoms with Gasteiger partial charge in [0.15, 0.2) is 0 Å². The summed E-state index contributed by atoms with van der Waals surface area (Å²) in [6, 6.07) is 18.1. The van der Waals surface area contributed by atoms with Gasteiger partial charge in [-0.25, -0.2) is 4.79 Å². The molecule has 11 nitrogen and oxygen atoms in total. The summed E-state index contributed by atoms with van der Waals surface area (Å²) < 4.78 is 6.32. The van der Waals surface area contributed by atoms with Crippen LogP contribution >= 0.6 is 11.8 Å². The molecule has 42 heavy (non-hydrogen) atoms. The minimum absolute atomic E-state index is 0.0111. The van der Waals surface area contributed by atoms with E-state index in [0.29, 0.717) is 30.0 Å². The molecule has 0 radical (unpaired) electrons. The molecule has 0 spiro atoms. The number of fused-ring (bicyclic) bond motifs is 1. The average Bonchev–Trinajstić information content (AvgIpc) is 3.37. The number of benzene rings is 2. The molecule has 0 aliphatic carbocycles. The summed E-state index contributed by atoms with van der Waals surface area (Å²) in [5.74, 6) is -1.20. The number of aromatic nitrogens is 3. The third kappa shape index (κ3) is 7.81. The van der Waals surface area contributed by atoms with E-state index in [1.807, 2.05) is 54.6 Å². The van der Waals surface area contributed by atoms with Gasteiger partial charge in [-0.15, -0.1) is 0 Å². The molecule has 2 heterocycles. The number of hydrogen-bond donors (Lipinski definition) is 3. The number of rotatable bonds is 13. The van der Waals surface area contributed by atoms with Gasteiger partial charge in [-0.2, -0.15) is 9.78 Å². The first-order valence-electron chi connectivity index (χ1n) is 13.2. The van der Waals surface area contributed by atoms with E-state index in [-0.39, 0.29) is 25.4 Å². The molecule has 2 aromatic carbocycles. The molecule has 12 heteroatoms. The fraction of sp³-hybridized carbons (Fsp3) is 0.233. The Morgan fingerprint density at radius 2 is 1.88 bits per heavy atom. The van der Waals surface area contributed by atoms with Crippen molar-refractivity contribution in [2.24, 2.45) is 0 Å². The van der Waals surface area contributed by atoms with Gasteiger partial charge in [0.05, 0.1) is 35.6 Å². The molecule has 0 atom stereocenters. The molecule has 0 aliphatic heterocycles. The molecule has 4 rings (SSSR count). The van der Waals surface area contributed by atoms with E-state index >= 15 is 0 Å². The summed E-state index contributed by atoms with van der Waals surface area (Å²) >= 11 is 1.40. The van der Waals surface area contributed by atoms with E-state index < -0.39 is 12.0 Å². The van der Waals surface area contributed by atoms with E-state index in [4.69, 9.17) is 4.74 Å². The second kappa shape index (κ2) is 14.9. The number of methoxy groups -OCH3 is 1. The van der Waals surface area contributed by atoms with Crippen LogP contribution in [0.25, 0.3) is 23.1 Å². The largest absolute Gasteiger partial charge is 0.481 e. The summed E-state index contributed by atoms with van der Waals surface area (Å²) in [7, 11) is 3.14. The van der Waals surface area contributed by atoms with Crippen LogP contribution in [0.15, 0.2) is 76.7 Å². The van der Waals surface area contributed by atoms with Crippen molar-refractivity contribution in [3.8, 4) is 0 Å². The Morgan fingerprint density at radius 3 is 2.62 bits per heavy atom. The lowest BCUT2D eigenvalue weighted by Crippen LogP contribution is -2.41. The van der Waals surface area contributed by atoms with Crippen LogP contribution in [0, 0.1) is 0 Å². The lowest BCUT2D eigenvalue weighted by atomic mass is 10.2. The smallest absolute Gasteiger partial charge is 0.345 e. The van der Waals surface area contributed by atoms with Crippen LogP contribution in [0.4, 0.5) is 4.79 Å². The lowest BCUT2D eigenvalue weighted by Gasteiger charge is -2.22. The zero-order valence-electron chi connectivity index (χ0n) is 23.3. The number of carbonyl (C=O) groups excluding carboxylic acids is 2. The summed E-state index contributed by atoms with van der Waals surface area (Å²) in [5, 5.41) is 20.4. The monoisotopic (exact) mass is 588 g/mol. The van der Waals surface area contributed by atoms with Crippen LogP contribution in [0.3, 0.4) is 0 Å². The van der Waals surface area contributed by atoms with Gasteiger partial charge in [0.2, 0.25) is 0 Å². The van der Waals surface area contributed by atoms with E-state index in [2.05, 4.69) is 20.7 Å². The van der Waals surface area contributed by atoms with Gasteiger partial charge in [0.25, 0.3) is 5.91 Å². The number of nitrogens with zero attached hydrogens (tertiary/aromatic N) is 4. The maximum absolute atomic E-state index is 13.9. The van der Waals surface area contributed by atoms with Crippen molar-refractivity contribution in [2.45, 2.75) is 16.2 Å². The number of amides is 2. The number of nitrogens with one attached hydrogen (secondary N) is 2. The van der Waals surface area contributed by atoms with Crippen LogP contribution in [-0.4, -0.2) is 83.2 Å². The number of carbonyl (C=O) groups is 3. The fourth-order valence-electron chi connectivity index (χ4n) is 4.15. The van der Waals surface area contributed by atoms with Crippen molar-refractivity contribution in [2.75, 3.05) is 40.5 Å². The standard InChI is InChI=1S/C30H32N6O5S/c1-31-29(39)24-8-3-4-9-27(24)42-22-11-12-23-25(13-10-21-7-5-6-15-33-21)34-36(26(23)19-22)30(40)35(17-14-28(37)38)18-16-32-20-41-2/h3-13,15,19,32H,14,16-18,20H2,1-2H3,(H,31,39)(H,37,38)/b13-10+. The van der Waals surface area contributed by atoms with Crippen molar-refractivity contribution >= 4 is 52.7 Å². The molecule has 2 amide bonds. The third-order valence-electron chi connectivity index (χ3n) is 6.22. The van der Waals surface area contributed by atoms with Gasteiger partial charge >= 0.3 is 12.0 Å². The topological polar surface area (TPSA) is 139 Å². The highest BCUT2D eigenvalue weighted by molar-refractivity contribution is 7.99. The van der Waals surface area contributed by atoms with Gasteiger partial charge in [-0.1, -0.05) is 30.0 Å². The maximum Gasteiger partial charge on any atom is 0.345 e. The summed E-state index contributed by atoms with van der Waals surface area (Å²) in [4.78, 5) is 45.0. The molecule has 2 aromatic heterocycles. The predicted octanol–water partition coefficient (Wildman–Crippen LogP) is 4.05. The Hall–Kier alpha value is -4.52. The van der Waals surface area contributed by atoms with Crippen LogP contribution < -0.4 is 10.6 Å². The molecule has 0 aliphatic rings. The van der Waals surface area contributed by atoms with E-state index in [0.717, 1.165) is 20.9 Å². The van der Waals surface area contributed by atoms with Crippen LogP contribution in [-0.2, 0) is 9.53 Å². The molecule has 218 valence electrons. The van der Waals surface area contributed by atoms with Crippen LogP contribution in [0.5, 0.6) is 0 Å². The molecular weight excluding hydrogens is 556 g/mol. The lowest BCUT2D eigenvalue weighted by molar-refractivity contribution is -0.137. The number of pyridine rings is 1. The highest BCUT2D eigenvalue weighted by Gasteiger charge is 2.22. The minimum atomic E-state index is -1.00. The maximum atomic E-state index is 13.9. The zero-order chi connectivity index (χ0) is 29.9. The molecular formula is C30H32N6O5S.